The maximum absolute atomic E-state index is 10.6. The highest BCUT2D eigenvalue weighted by atomic mass is 16.6. The van der Waals surface area contributed by atoms with Crippen LogP contribution in [0.25, 0.3) is 0 Å². The molecule has 1 aliphatic rings. The molecule has 0 aromatic heterocycles. The molecule has 1 atom stereocenters. The van der Waals surface area contributed by atoms with Crippen molar-refractivity contribution in [2.24, 2.45) is 0 Å². The quantitative estimate of drug-likeness (QED) is 0.576. The zero-order valence-corrected chi connectivity index (χ0v) is 6.28. The minimum absolute atomic E-state index is 0.0140. The molecule has 0 radical (unpaired) electrons. The van der Waals surface area contributed by atoms with Crippen LogP contribution in [-0.2, 0) is 14.3 Å². The Morgan fingerprint density at radius 2 is 2.55 bits per heavy atom. The lowest BCUT2D eigenvalue weighted by Crippen LogP contribution is -2.29. The fourth-order valence-electron chi connectivity index (χ4n) is 0.971. The largest absolute Gasteiger partial charge is 0.463 e. The lowest BCUT2D eigenvalue weighted by molar-refractivity contribution is -0.155. The minimum atomic E-state index is -0.158. The monoisotopic (exact) mass is 160 g/mol. The number of aliphatic hydroxyl groups excluding tert-OH is 1. The number of esters is 1. The van der Waals surface area contributed by atoms with Crippen molar-refractivity contribution in [3.8, 4) is 0 Å². The van der Waals surface area contributed by atoms with E-state index in [2.05, 4.69) is 0 Å². The standard InChI is InChI=1S/C7H12O4/c8-3-4-10-6-1-2-7(9)11-5-6/h6,8H,1-5H2. The van der Waals surface area contributed by atoms with Gasteiger partial charge in [0.15, 0.2) is 0 Å². The first-order valence-corrected chi connectivity index (χ1v) is 3.71. The fourth-order valence-corrected chi connectivity index (χ4v) is 0.971. The Labute approximate surface area is 65.1 Å². The van der Waals surface area contributed by atoms with Crippen LogP contribution in [0, 0.1) is 0 Å². The second-order valence-electron chi connectivity index (χ2n) is 2.44. The number of hydrogen-bond donors (Lipinski definition) is 1. The third-order valence-corrected chi connectivity index (χ3v) is 1.55. The Morgan fingerprint density at radius 3 is 3.09 bits per heavy atom. The first kappa shape index (κ1) is 8.49. The van der Waals surface area contributed by atoms with E-state index in [9.17, 15) is 4.79 Å². The molecule has 4 heteroatoms. The summed E-state index contributed by atoms with van der Waals surface area (Å²) in [6.07, 6.45) is 1.12. The molecule has 0 spiro atoms. The Balaban J connectivity index is 2.12. The summed E-state index contributed by atoms with van der Waals surface area (Å²) in [4.78, 5) is 10.6. The molecule has 0 amide bonds. The van der Waals surface area contributed by atoms with Crippen molar-refractivity contribution >= 4 is 5.97 Å². The predicted octanol–water partition coefficient (Wildman–Crippen LogP) is -0.299. The number of ether oxygens (including phenoxy) is 2. The Morgan fingerprint density at radius 1 is 1.73 bits per heavy atom. The van der Waals surface area contributed by atoms with Gasteiger partial charge in [0.25, 0.3) is 0 Å². The molecule has 1 saturated heterocycles. The van der Waals surface area contributed by atoms with E-state index < -0.39 is 0 Å². The number of carbonyl (C=O) groups excluding carboxylic acids is 1. The molecular weight excluding hydrogens is 148 g/mol. The molecule has 1 rings (SSSR count). The van der Waals surface area contributed by atoms with Gasteiger partial charge in [-0.15, -0.1) is 0 Å². The lowest BCUT2D eigenvalue weighted by Gasteiger charge is -2.21. The third kappa shape index (κ3) is 2.86. The fraction of sp³-hybridized carbons (Fsp3) is 0.857. The predicted molar refractivity (Wildman–Crippen MR) is 37.0 cm³/mol. The van der Waals surface area contributed by atoms with Crippen molar-refractivity contribution < 1.29 is 19.4 Å². The van der Waals surface area contributed by atoms with Crippen LogP contribution in [0.3, 0.4) is 0 Å². The zero-order valence-electron chi connectivity index (χ0n) is 6.28. The molecule has 64 valence electrons. The number of carbonyl (C=O) groups is 1. The van der Waals surface area contributed by atoms with Gasteiger partial charge in [-0.05, 0) is 6.42 Å². The Kier molecular flexibility index (Phi) is 3.32. The molecule has 1 N–H and O–H groups in total. The van der Waals surface area contributed by atoms with E-state index in [-0.39, 0.29) is 18.7 Å². The molecule has 1 aliphatic heterocycles. The van der Waals surface area contributed by atoms with Crippen molar-refractivity contribution in [3.05, 3.63) is 0 Å². The molecule has 0 aromatic carbocycles. The summed E-state index contributed by atoms with van der Waals surface area (Å²) < 4.78 is 9.90. The van der Waals surface area contributed by atoms with E-state index in [1.54, 1.807) is 0 Å². The molecule has 1 fully saturated rings. The van der Waals surface area contributed by atoms with E-state index in [0.29, 0.717) is 26.1 Å². The van der Waals surface area contributed by atoms with Gasteiger partial charge in [-0.2, -0.15) is 0 Å². The van der Waals surface area contributed by atoms with Crippen LogP contribution >= 0.6 is 0 Å². The first-order chi connectivity index (χ1) is 5.33. The van der Waals surface area contributed by atoms with E-state index >= 15 is 0 Å². The second-order valence-corrected chi connectivity index (χ2v) is 2.44. The van der Waals surface area contributed by atoms with Gasteiger partial charge >= 0.3 is 5.97 Å². The van der Waals surface area contributed by atoms with E-state index in [0.717, 1.165) is 0 Å². The van der Waals surface area contributed by atoms with Gasteiger partial charge in [-0.3, -0.25) is 4.79 Å². The van der Waals surface area contributed by atoms with E-state index in [1.807, 2.05) is 0 Å². The molecule has 0 bridgehead atoms. The summed E-state index contributed by atoms with van der Waals surface area (Å²) in [7, 11) is 0. The molecule has 0 aliphatic carbocycles. The highest BCUT2D eigenvalue weighted by Crippen LogP contribution is 2.10. The number of aliphatic hydroxyl groups is 1. The van der Waals surface area contributed by atoms with Gasteiger partial charge in [0.2, 0.25) is 0 Å². The van der Waals surface area contributed by atoms with Crippen molar-refractivity contribution in [1.82, 2.24) is 0 Å². The van der Waals surface area contributed by atoms with Crippen LogP contribution in [0.1, 0.15) is 12.8 Å². The van der Waals surface area contributed by atoms with E-state index in [1.165, 1.54) is 0 Å². The lowest BCUT2D eigenvalue weighted by atomic mass is 10.2. The van der Waals surface area contributed by atoms with Gasteiger partial charge in [0.05, 0.1) is 19.3 Å². The average Bonchev–Trinajstić information content (AvgIpc) is 2.04. The number of rotatable bonds is 3. The maximum atomic E-state index is 10.6. The maximum Gasteiger partial charge on any atom is 0.305 e. The van der Waals surface area contributed by atoms with Crippen LogP contribution < -0.4 is 0 Å². The minimum Gasteiger partial charge on any atom is -0.463 e. The van der Waals surface area contributed by atoms with E-state index in [4.69, 9.17) is 14.6 Å². The van der Waals surface area contributed by atoms with Gasteiger partial charge in [-0.1, -0.05) is 0 Å². The molecule has 11 heavy (non-hydrogen) atoms. The summed E-state index contributed by atoms with van der Waals surface area (Å²) in [6, 6.07) is 0. The summed E-state index contributed by atoms with van der Waals surface area (Å²) >= 11 is 0. The van der Waals surface area contributed by atoms with Crippen LogP contribution in [0.4, 0.5) is 0 Å². The normalized spacial score (nSPS) is 24.8. The van der Waals surface area contributed by atoms with Crippen LogP contribution in [0.2, 0.25) is 0 Å². The van der Waals surface area contributed by atoms with Crippen molar-refractivity contribution in [2.45, 2.75) is 18.9 Å². The van der Waals surface area contributed by atoms with Crippen molar-refractivity contribution in [2.75, 3.05) is 19.8 Å². The van der Waals surface area contributed by atoms with Gasteiger partial charge in [-0.25, -0.2) is 0 Å². The highest BCUT2D eigenvalue weighted by molar-refractivity contribution is 5.70. The first-order valence-electron chi connectivity index (χ1n) is 3.71. The van der Waals surface area contributed by atoms with Crippen molar-refractivity contribution in [1.29, 1.82) is 0 Å². The molecule has 0 saturated carbocycles. The number of hydrogen-bond acceptors (Lipinski definition) is 4. The summed E-state index contributed by atoms with van der Waals surface area (Å²) in [5.41, 5.74) is 0. The summed E-state index contributed by atoms with van der Waals surface area (Å²) in [5.74, 6) is -0.158. The molecule has 0 aromatic rings. The van der Waals surface area contributed by atoms with Gasteiger partial charge in [0.1, 0.15) is 6.61 Å². The highest BCUT2D eigenvalue weighted by Gasteiger charge is 2.19. The zero-order chi connectivity index (χ0) is 8.10. The van der Waals surface area contributed by atoms with Crippen LogP contribution in [-0.4, -0.2) is 37.0 Å². The Hall–Kier alpha value is -0.610. The molecule has 1 unspecified atom stereocenters. The van der Waals surface area contributed by atoms with Crippen LogP contribution in [0.15, 0.2) is 0 Å². The second kappa shape index (κ2) is 4.31. The number of cyclic esters (lactones) is 1. The molecule has 4 nitrogen and oxygen atoms in total. The SMILES string of the molecule is O=C1CCC(OCCO)CO1. The Bertz CT molecular complexity index is 124. The van der Waals surface area contributed by atoms with Crippen molar-refractivity contribution in [3.63, 3.8) is 0 Å². The summed E-state index contributed by atoms with van der Waals surface area (Å²) in [5, 5.41) is 8.42. The van der Waals surface area contributed by atoms with Gasteiger partial charge < -0.3 is 14.6 Å². The topological polar surface area (TPSA) is 55.8 Å². The molecule has 1 heterocycles. The van der Waals surface area contributed by atoms with Crippen LogP contribution in [0.5, 0.6) is 0 Å². The molecular formula is C7H12O4. The summed E-state index contributed by atoms with van der Waals surface area (Å²) in [6.45, 7) is 0.672. The smallest absolute Gasteiger partial charge is 0.305 e. The average molecular weight is 160 g/mol. The third-order valence-electron chi connectivity index (χ3n) is 1.55. The van der Waals surface area contributed by atoms with Gasteiger partial charge in [0, 0.05) is 6.42 Å².